The van der Waals surface area contributed by atoms with E-state index in [0.29, 0.717) is 13.2 Å². The second kappa shape index (κ2) is 6.14. The summed E-state index contributed by atoms with van der Waals surface area (Å²) in [6.45, 7) is 1.12. The number of nitrogens with two attached hydrogens (primary N) is 1. The third-order valence-corrected chi connectivity index (χ3v) is 2.73. The Labute approximate surface area is 92.3 Å². The number of rotatable bonds is 5. The lowest BCUT2D eigenvalue weighted by Gasteiger charge is -2.10. The molecule has 0 amide bonds. The minimum Gasteiger partial charge on any atom is -0.380 e. The van der Waals surface area contributed by atoms with Gasteiger partial charge in [0.15, 0.2) is 0 Å². The highest BCUT2D eigenvalue weighted by Gasteiger charge is 2.05. The SMILES string of the molecule is COCc1cccc(Br)c1CCON. The van der Waals surface area contributed by atoms with Gasteiger partial charge in [0.25, 0.3) is 0 Å². The van der Waals surface area contributed by atoms with Crippen LogP contribution >= 0.6 is 15.9 Å². The number of methoxy groups -OCH3 is 1. The molecular formula is C10H14BrNO2. The quantitative estimate of drug-likeness (QED) is 0.824. The van der Waals surface area contributed by atoms with E-state index in [0.717, 1.165) is 10.9 Å². The monoisotopic (exact) mass is 259 g/mol. The van der Waals surface area contributed by atoms with Crippen LogP contribution in [0, 0.1) is 0 Å². The Balaban J connectivity index is 2.84. The predicted octanol–water partition coefficient (Wildman–Crippen LogP) is 2.03. The van der Waals surface area contributed by atoms with Crippen molar-refractivity contribution in [2.24, 2.45) is 5.90 Å². The van der Waals surface area contributed by atoms with Gasteiger partial charge in [0.05, 0.1) is 13.2 Å². The van der Waals surface area contributed by atoms with Gasteiger partial charge in [-0.15, -0.1) is 0 Å². The molecule has 0 fully saturated rings. The molecule has 0 saturated carbocycles. The summed E-state index contributed by atoms with van der Waals surface area (Å²) in [7, 11) is 1.68. The molecule has 0 aliphatic carbocycles. The van der Waals surface area contributed by atoms with Crippen molar-refractivity contribution in [3.63, 3.8) is 0 Å². The van der Waals surface area contributed by atoms with Gasteiger partial charge in [-0.1, -0.05) is 28.1 Å². The largest absolute Gasteiger partial charge is 0.380 e. The van der Waals surface area contributed by atoms with Crippen molar-refractivity contribution in [2.45, 2.75) is 13.0 Å². The first-order valence-electron chi connectivity index (χ1n) is 4.36. The smallest absolute Gasteiger partial charge is 0.0720 e. The van der Waals surface area contributed by atoms with Gasteiger partial charge < -0.3 is 9.57 Å². The number of hydrogen-bond acceptors (Lipinski definition) is 3. The van der Waals surface area contributed by atoms with E-state index in [1.54, 1.807) is 7.11 Å². The van der Waals surface area contributed by atoms with Gasteiger partial charge in [0, 0.05) is 11.6 Å². The molecule has 1 aromatic rings. The minimum atomic E-state index is 0.513. The number of hydrogen-bond donors (Lipinski definition) is 1. The maximum Gasteiger partial charge on any atom is 0.0720 e. The molecule has 0 spiro atoms. The molecule has 0 saturated heterocycles. The average Bonchev–Trinajstić information content (AvgIpc) is 2.18. The predicted molar refractivity (Wildman–Crippen MR) is 58.7 cm³/mol. The van der Waals surface area contributed by atoms with E-state index in [2.05, 4.69) is 20.8 Å². The number of benzene rings is 1. The zero-order valence-electron chi connectivity index (χ0n) is 8.13. The molecule has 3 nitrogen and oxygen atoms in total. The third kappa shape index (κ3) is 3.06. The Morgan fingerprint density at radius 1 is 1.43 bits per heavy atom. The summed E-state index contributed by atoms with van der Waals surface area (Å²) in [6, 6.07) is 6.04. The van der Waals surface area contributed by atoms with Gasteiger partial charge in [-0.3, -0.25) is 0 Å². The van der Waals surface area contributed by atoms with Crippen LogP contribution in [0.5, 0.6) is 0 Å². The summed E-state index contributed by atoms with van der Waals surface area (Å²) in [5, 5.41) is 0. The van der Waals surface area contributed by atoms with Crippen molar-refractivity contribution in [1.29, 1.82) is 0 Å². The summed E-state index contributed by atoms with van der Waals surface area (Å²) in [5.41, 5.74) is 2.36. The maximum absolute atomic E-state index is 5.11. The lowest BCUT2D eigenvalue weighted by molar-refractivity contribution is 0.140. The molecule has 2 N–H and O–H groups in total. The van der Waals surface area contributed by atoms with Gasteiger partial charge in [0.2, 0.25) is 0 Å². The van der Waals surface area contributed by atoms with E-state index in [1.807, 2.05) is 18.2 Å². The number of halogens is 1. The van der Waals surface area contributed by atoms with Crippen LogP contribution in [0.15, 0.2) is 22.7 Å². The first-order valence-corrected chi connectivity index (χ1v) is 5.15. The average molecular weight is 260 g/mol. The maximum atomic E-state index is 5.11. The van der Waals surface area contributed by atoms with Crippen LogP contribution in [0.25, 0.3) is 0 Å². The normalized spacial score (nSPS) is 10.5. The van der Waals surface area contributed by atoms with Crippen LogP contribution in [-0.2, 0) is 22.6 Å². The van der Waals surface area contributed by atoms with Gasteiger partial charge in [-0.2, -0.15) is 0 Å². The second-order valence-electron chi connectivity index (χ2n) is 2.93. The van der Waals surface area contributed by atoms with E-state index in [1.165, 1.54) is 11.1 Å². The molecule has 14 heavy (non-hydrogen) atoms. The van der Waals surface area contributed by atoms with Crippen LogP contribution in [0.1, 0.15) is 11.1 Å². The summed E-state index contributed by atoms with van der Waals surface area (Å²) < 4.78 is 6.18. The van der Waals surface area contributed by atoms with Crippen molar-refractivity contribution in [3.05, 3.63) is 33.8 Å². The third-order valence-electron chi connectivity index (χ3n) is 1.99. The highest BCUT2D eigenvalue weighted by atomic mass is 79.9. The molecule has 0 bridgehead atoms. The first-order chi connectivity index (χ1) is 6.79. The standard InChI is InChI=1S/C10H14BrNO2/c1-13-7-8-3-2-4-10(11)9(8)5-6-14-12/h2-4H,5-7,12H2,1H3. The van der Waals surface area contributed by atoms with E-state index in [-0.39, 0.29) is 0 Å². The Bertz CT molecular complexity index is 291. The highest BCUT2D eigenvalue weighted by molar-refractivity contribution is 9.10. The summed E-state index contributed by atoms with van der Waals surface area (Å²) >= 11 is 3.50. The Hall–Kier alpha value is -0.420. The second-order valence-corrected chi connectivity index (χ2v) is 3.79. The van der Waals surface area contributed by atoms with Crippen molar-refractivity contribution in [3.8, 4) is 0 Å². The summed E-state index contributed by atoms with van der Waals surface area (Å²) in [5.74, 6) is 5.00. The van der Waals surface area contributed by atoms with E-state index in [9.17, 15) is 0 Å². The number of ether oxygens (including phenoxy) is 1. The molecule has 0 unspecified atom stereocenters. The lowest BCUT2D eigenvalue weighted by Crippen LogP contribution is -2.06. The van der Waals surface area contributed by atoms with Gasteiger partial charge in [-0.25, -0.2) is 5.90 Å². The zero-order valence-corrected chi connectivity index (χ0v) is 9.71. The van der Waals surface area contributed by atoms with Crippen LogP contribution in [0.2, 0.25) is 0 Å². The summed E-state index contributed by atoms with van der Waals surface area (Å²) in [6.07, 6.45) is 0.788. The molecule has 0 atom stereocenters. The molecular weight excluding hydrogens is 246 g/mol. The fourth-order valence-corrected chi connectivity index (χ4v) is 1.94. The van der Waals surface area contributed by atoms with Gasteiger partial charge in [-0.05, 0) is 23.6 Å². The lowest BCUT2D eigenvalue weighted by atomic mass is 10.1. The molecule has 0 aliphatic rings. The molecule has 0 aliphatic heterocycles. The minimum absolute atomic E-state index is 0.513. The van der Waals surface area contributed by atoms with Crippen molar-refractivity contribution >= 4 is 15.9 Å². The Morgan fingerprint density at radius 2 is 2.21 bits per heavy atom. The molecule has 0 heterocycles. The molecule has 1 aromatic carbocycles. The van der Waals surface area contributed by atoms with Crippen LogP contribution in [-0.4, -0.2) is 13.7 Å². The first kappa shape index (κ1) is 11.7. The summed E-state index contributed by atoms with van der Waals surface area (Å²) in [4.78, 5) is 4.57. The van der Waals surface area contributed by atoms with Gasteiger partial charge in [0.1, 0.15) is 0 Å². The van der Waals surface area contributed by atoms with E-state index in [4.69, 9.17) is 10.6 Å². The molecule has 4 heteroatoms. The zero-order chi connectivity index (χ0) is 10.4. The fourth-order valence-electron chi connectivity index (χ4n) is 1.34. The van der Waals surface area contributed by atoms with Crippen LogP contribution in [0.4, 0.5) is 0 Å². The Morgan fingerprint density at radius 3 is 2.86 bits per heavy atom. The topological polar surface area (TPSA) is 44.5 Å². The molecule has 78 valence electrons. The Kier molecular flexibility index (Phi) is 5.11. The molecule has 0 aromatic heterocycles. The molecule has 0 radical (unpaired) electrons. The van der Waals surface area contributed by atoms with Crippen molar-refractivity contribution in [2.75, 3.05) is 13.7 Å². The molecule has 1 rings (SSSR count). The van der Waals surface area contributed by atoms with Crippen molar-refractivity contribution < 1.29 is 9.57 Å². The van der Waals surface area contributed by atoms with Crippen LogP contribution in [0.3, 0.4) is 0 Å². The fraction of sp³-hybridized carbons (Fsp3) is 0.400. The van der Waals surface area contributed by atoms with E-state index < -0.39 is 0 Å². The van der Waals surface area contributed by atoms with E-state index >= 15 is 0 Å². The van der Waals surface area contributed by atoms with Gasteiger partial charge >= 0.3 is 0 Å². The van der Waals surface area contributed by atoms with Crippen molar-refractivity contribution in [1.82, 2.24) is 0 Å². The van der Waals surface area contributed by atoms with Crippen LogP contribution < -0.4 is 5.90 Å². The highest BCUT2D eigenvalue weighted by Crippen LogP contribution is 2.21.